The largest absolute Gasteiger partial charge is 0.376 e. The molecule has 34 heavy (non-hydrogen) atoms. The highest BCUT2D eigenvalue weighted by atomic mass is 32.2. The summed E-state index contributed by atoms with van der Waals surface area (Å²) in [7, 11) is -3.26. The van der Waals surface area contributed by atoms with Crippen LogP contribution in [0.4, 0.5) is 5.95 Å². The number of anilines is 1. The topological polar surface area (TPSA) is 127 Å². The fourth-order valence-corrected chi connectivity index (χ4v) is 4.90. The average Bonchev–Trinajstić information content (AvgIpc) is 3.22. The summed E-state index contributed by atoms with van der Waals surface area (Å²) in [6.45, 7) is 4.73. The van der Waals surface area contributed by atoms with Crippen LogP contribution < -0.4 is 15.4 Å². The number of fused-ring (bicyclic) bond motifs is 1. The van der Waals surface area contributed by atoms with E-state index in [9.17, 15) is 8.42 Å². The van der Waals surface area contributed by atoms with Gasteiger partial charge in [0.1, 0.15) is 11.7 Å². The Hall–Kier alpha value is -2.60. The number of sulfonamides is 1. The molecule has 0 aliphatic heterocycles. The molecule has 10 nitrogen and oxygen atoms in total. The fraction of sp³-hybridized carbons (Fsp3) is 0.522. The van der Waals surface area contributed by atoms with E-state index < -0.39 is 10.0 Å². The molecule has 3 unspecified atom stereocenters. The lowest BCUT2D eigenvalue weighted by atomic mass is 9.99. The van der Waals surface area contributed by atoms with E-state index in [-0.39, 0.29) is 12.1 Å². The number of hydrogen-bond acceptors (Lipinski definition) is 7. The molecule has 184 valence electrons. The van der Waals surface area contributed by atoms with Crippen molar-refractivity contribution in [1.82, 2.24) is 24.3 Å². The van der Waals surface area contributed by atoms with Gasteiger partial charge in [-0.15, -0.1) is 5.10 Å². The van der Waals surface area contributed by atoms with E-state index in [0.29, 0.717) is 24.1 Å². The number of nitrogens with zero attached hydrogens (tertiary/aromatic N) is 4. The molecule has 2 aromatic rings. The number of hydrogen-bond donors (Lipinski definition) is 3. The molecule has 2 aliphatic rings. The third-order valence-corrected chi connectivity index (χ3v) is 6.52. The average molecular weight is 489 g/mol. The first-order valence-electron chi connectivity index (χ1n) is 11.8. The van der Waals surface area contributed by atoms with Gasteiger partial charge in [0.05, 0.1) is 19.4 Å². The minimum Gasteiger partial charge on any atom is -0.376 e. The van der Waals surface area contributed by atoms with E-state index >= 15 is 0 Å². The van der Waals surface area contributed by atoms with Crippen molar-refractivity contribution < 1.29 is 18.5 Å². The lowest BCUT2D eigenvalue weighted by Gasteiger charge is -2.22. The number of allylic oxidation sites excluding steroid dienone is 2. The molecule has 0 aromatic carbocycles. The van der Waals surface area contributed by atoms with E-state index in [1.165, 1.54) is 0 Å². The number of quaternary nitrogens is 1. The van der Waals surface area contributed by atoms with Crippen molar-refractivity contribution in [3.8, 4) is 0 Å². The highest BCUT2D eigenvalue weighted by Gasteiger charge is 2.20. The molecule has 4 rings (SSSR count). The molecule has 0 bridgehead atoms. The van der Waals surface area contributed by atoms with Crippen LogP contribution in [0.25, 0.3) is 11.2 Å². The van der Waals surface area contributed by atoms with Crippen molar-refractivity contribution >= 4 is 27.2 Å². The van der Waals surface area contributed by atoms with Crippen LogP contribution in [0.2, 0.25) is 0 Å². The van der Waals surface area contributed by atoms with Gasteiger partial charge in [-0.25, -0.2) is 17.7 Å². The molecule has 11 heteroatoms. The van der Waals surface area contributed by atoms with Crippen molar-refractivity contribution in [2.45, 2.75) is 50.7 Å². The zero-order chi connectivity index (χ0) is 24.0. The van der Waals surface area contributed by atoms with Gasteiger partial charge >= 0.3 is 0 Å². The third kappa shape index (κ3) is 6.72. The van der Waals surface area contributed by atoms with Crippen molar-refractivity contribution in [3.05, 3.63) is 48.5 Å². The second-order valence-corrected chi connectivity index (χ2v) is 10.5. The van der Waals surface area contributed by atoms with Crippen molar-refractivity contribution in [1.29, 1.82) is 0 Å². The Morgan fingerprint density at radius 3 is 2.79 bits per heavy atom. The molecule has 0 spiro atoms. The molecule has 4 N–H and O–H groups in total. The van der Waals surface area contributed by atoms with Crippen LogP contribution >= 0.6 is 0 Å². The standard InChI is InChI=1S/C23H33N7O3S/c1-3-15-33-16-13-24-18-8-10-19(11-9-18)26-23-27-22-21(25-12-14-30(22)28-23)17-4-6-20(7-5-17)29-34(2,31)32/h4-6,8,10,12,14,18-20,24,29H,3,7,9,11,13,15-16H2,1-2H3,(H,26,28)/p+1. The SMILES string of the molecule is CCCOCC[NH2+]C1C=CC(Nc2nc3c(C4=CCC(NS(C)(=O)=O)C=C4)nccn3n2)CC1. The second kappa shape index (κ2) is 11.2. The summed E-state index contributed by atoms with van der Waals surface area (Å²) < 4.78 is 32.8. The second-order valence-electron chi connectivity index (χ2n) is 8.74. The summed E-state index contributed by atoms with van der Waals surface area (Å²) in [6, 6.07) is 0.419. The third-order valence-electron chi connectivity index (χ3n) is 5.79. The van der Waals surface area contributed by atoms with Crippen LogP contribution in [0.15, 0.2) is 42.8 Å². The summed E-state index contributed by atoms with van der Waals surface area (Å²) in [5, 5.41) is 10.3. The van der Waals surface area contributed by atoms with Crippen LogP contribution in [-0.2, 0) is 14.8 Å². The molecule has 2 aliphatic carbocycles. The lowest BCUT2D eigenvalue weighted by molar-refractivity contribution is -0.681. The summed E-state index contributed by atoms with van der Waals surface area (Å²) in [5.74, 6) is 0.566. The van der Waals surface area contributed by atoms with Gasteiger partial charge in [-0.1, -0.05) is 31.2 Å². The number of nitrogens with two attached hydrogens (primary N) is 1. The lowest BCUT2D eigenvalue weighted by Crippen LogP contribution is -2.90. The maximum Gasteiger partial charge on any atom is 0.243 e. The quantitative estimate of drug-likeness (QED) is 0.316. The molecule has 2 aromatic heterocycles. The monoisotopic (exact) mass is 488 g/mol. The van der Waals surface area contributed by atoms with E-state index in [2.05, 4.69) is 44.5 Å². The molecular weight excluding hydrogens is 454 g/mol. The zero-order valence-electron chi connectivity index (χ0n) is 19.7. The van der Waals surface area contributed by atoms with Crippen LogP contribution in [0.1, 0.15) is 38.3 Å². The van der Waals surface area contributed by atoms with E-state index in [1.807, 2.05) is 18.2 Å². The normalized spacial score (nSPS) is 22.8. The van der Waals surface area contributed by atoms with Gasteiger partial charge in [-0.2, -0.15) is 4.98 Å². The predicted molar refractivity (Wildman–Crippen MR) is 132 cm³/mol. The van der Waals surface area contributed by atoms with Crippen molar-refractivity contribution in [3.63, 3.8) is 0 Å². The predicted octanol–water partition coefficient (Wildman–Crippen LogP) is 0.875. The van der Waals surface area contributed by atoms with Gasteiger partial charge in [0, 0.05) is 37.5 Å². The minimum absolute atomic E-state index is 0.187. The zero-order valence-corrected chi connectivity index (χ0v) is 20.5. The van der Waals surface area contributed by atoms with Gasteiger partial charge in [0.25, 0.3) is 0 Å². The number of rotatable bonds is 11. The summed E-state index contributed by atoms with van der Waals surface area (Å²) >= 11 is 0. The van der Waals surface area contributed by atoms with Gasteiger partial charge in [0.2, 0.25) is 16.0 Å². The Morgan fingerprint density at radius 1 is 1.21 bits per heavy atom. The van der Waals surface area contributed by atoms with Crippen LogP contribution in [0.3, 0.4) is 0 Å². The summed E-state index contributed by atoms with van der Waals surface area (Å²) in [6.07, 6.45) is 18.5. The molecule has 0 saturated carbocycles. The fourth-order valence-electron chi connectivity index (χ4n) is 4.18. The van der Waals surface area contributed by atoms with Crippen LogP contribution in [-0.4, -0.2) is 72.1 Å². The molecule has 0 radical (unpaired) electrons. The maximum absolute atomic E-state index is 11.5. The number of nitrogens with one attached hydrogen (secondary N) is 2. The van der Waals surface area contributed by atoms with E-state index in [4.69, 9.17) is 9.72 Å². The molecule has 0 saturated heterocycles. The van der Waals surface area contributed by atoms with E-state index in [0.717, 1.165) is 56.5 Å². The molecule has 3 atom stereocenters. The minimum atomic E-state index is -3.26. The Balaban J connectivity index is 1.37. The van der Waals surface area contributed by atoms with Crippen molar-refractivity contribution in [2.24, 2.45) is 0 Å². The smallest absolute Gasteiger partial charge is 0.243 e. The number of aromatic nitrogens is 4. The Bertz CT molecular complexity index is 1170. The van der Waals surface area contributed by atoms with Gasteiger partial charge in [-0.05, 0) is 30.9 Å². The van der Waals surface area contributed by atoms with Crippen molar-refractivity contribution in [2.75, 3.05) is 31.3 Å². The van der Waals surface area contributed by atoms with Crippen LogP contribution in [0, 0.1) is 0 Å². The molecule has 2 heterocycles. The molecule has 0 fully saturated rings. The van der Waals surface area contributed by atoms with Crippen LogP contribution in [0.5, 0.6) is 0 Å². The molecular formula is C23H34N7O3S+. The Labute approximate surface area is 200 Å². The highest BCUT2D eigenvalue weighted by Crippen LogP contribution is 2.24. The van der Waals surface area contributed by atoms with Gasteiger partial charge in [0.15, 0.2) is 5.65 Å². The maximum atomic E-state index is 11.5. The van der Waals surface area contributed by atoms with E-state index in [1.54, 1.807) is 16.9 Å². The van der Waals surface area contributed by atoms with Gasteiger partial charge in [-0.3, -0.25) is 4.98 Å². The first-order valence-corrected chi connectivity index (χ1v) is 13.7. The summed E-state index contributed by atoms with van der Waals surface area (Å²) in [5.41, 5.74) is 2.28. The Kier molecular flexibility index (Phi) is 8.09. The Morgan fingerprint density at radius 2 is 2.09 bits per heavy atom. The first-order chi connectivity index (χ1) is 16.4. The van der Waals surface area contributed by atoms with Gasteiger partial charge < -0.3 is 15.4 Å². The molecule has 0 amide bonds. The summed E-state index contributed by atoms with van der Waals surface area (Å²) in [4.78, 5) is 9.20. The first kappa shape index (κ1) is 24.5. The number of ether oxygens (including phenoxy) is 1. The highest BCUT2D eigenvalue weighted by molar-refractivity contribution is 7.88.